The van der Waals surface area contributed by atoms with E-state index in [4.69, 9.17) is 5.73 Å². The number of nitrogens with two attached hydrogens (primary N) is 1. The van der Waals surface area contributed by atoms with E-state index >= 15 is 0 Å². The third kappa shape index (κ3) is 2.60. The van der Waals surface area contributed by atoms with Gasteiger partial charge in [-0.25, -0.2) is 28.1 Å². The van der Waals surface area contributed by atoms with Crippen LogP contribution in [0.15, 0.2) is 28.9 Å². The molecule has 0 aromatic carbocycles. The Morgan fingerprint density at radius 3 is 3.00 bits per heavy atom. The molecule has 110 valence electrons. The van der Waals surface area contributed by atoms with Gasteiger partial charge in [0.15, 0.2) is 15.8 Å². The molecule has 0 aliphatic rings. The SMILES string of the molecule is Cc1nccc(CNS(=O)(=O)c2c(N)nc3sccn23)n1. The van der Waals surface area contributed by atoms with Crippen molar-refractivity contribution in [3.63, 3.8) is 0 Å². The molecular weight excluding hydrogens is 312 g/mol. The number of anilines is 1. The maximum atomic E-state index is 12.4. The summed E-state index contributed by atoms with van der Waals surface area (Å²) in [5.41, 5.74) is 6.29. The lowest BCUT2D eigenvalue weighted by atomic mass is 10.4. The van der Waals surface area contributed by atoms with E-state index in [1.54, 1.807) is 30.8 Å². The lowest BCUT2D eigenvalue weighted by Gasteiger charge is -2.06. The first-order valence-corrected chi connectivity index (χ1v) is 8.33. The number of nitrogens with zero attached hydrogens (tertiary/aromatic N) is 4. The fourth-order valence-corrected chi connectivity index (χ4v) is 3.87. The van der Waals surface area contributed by atoms with Crippen molar-refractivity contribution < 1.29 is 8.42 Å². The molecule has 3 heterocycles. The average molecular weight is 324 g/mol. The maximum absolute atomic E-state index is 12.4. The van der Waals surface area contributed by atoms with Crippen LogP contribution in [0.25, 0.3) is 4.96 Å². The van der Waals surface area contributed by atoms with Crippen LogP contribution >= 0.6 is 11.3 Å². The molecule has 0 amide bonds. The summed E-state index contributed by atoms with van der Waals surface area (Å²) >= 11 is 1.31. The third-order valence-electron chi connectivity index (χ3n) is 2.78. The molecule has 0 saturated heterocycles. The van der Waals surface area contributed by atoms with Crippen LogP contribution in [0.4, 0.5) is 5.82 Å². The van der Waals surface area contributed by atoms with Gasteiger partial charge in [0.1, 0.15) is 5.82 Å². The Labute approximate surface area is 124 Å². The molecule has 3 aromatic rings. The van der Waals surface area contributed by atoms with Crippen molar-refractivity contribution in [3.8, 4) is 0 Å². The Morgan fingerprint density at radius 2 is 2.24 bits per heavy atom. The van der Waals surface area contributed by atoms with Gasteiger partial charge >= 0.3 is 0 Å². The van der Waals surface area contributed by atoms with Crippen molar-refractivity contribution in [2.24, 2.45) is 0 Å². The van der Waals surface area contributed by atoms with Crippen LogP contribution in [0.1, 0.15) is 11.5 Å². The van der Waals surface area contributed by atoms with Crippen LogP contribution in [0.3, 0.4) is 0 Å². The number of sulfonamides is 1. The standard InChI is InChI=1S/C11H12N6O2S2/c1-7-13-3-2-8(15-7)6-14-21(18,19)10-9(12)16-11-17(10)4-5-20-11/h2-5,14H,6,12H2,1H3. The monoisotopic (exact) mass is 324 g/mol. The predicted octanol–water partition coefficient (Wildman–Crippen LogP) is 0.555. The molecule has 0 saturated carbocycles. The van der Waals surface area contributed by atoms with Gasteiger partial charge < -0.3 is 5.73 Å². The molecule has 0 fully saturated rings. The number of imidazole rings is 1. The van der Waals surface area contributed by atoms with Gasteiger partial charge in [-0.2, -0.15) is 0 Å². The fraction of sp³-hybridized carbons (Fsp3) is 0.182. The minimum atomic E-state index is -3.78. The van der Waals surface area contributed by atoms with Crippen molar-refractivity contribution in [2.45, 2.75) is 18.5 Å². The number of aryl methyl sites for hydroxylation is 1. The minimum absolute atomic E-state index is 0.0202. The molecule has 10 heteroatoms. The van der Waals surface area contributed by atoms with Crippen LogP contribution < -0.4 is 10.5 Å². The Bertz CT molecular complexity index is 898. The zero-order chi connectivity index (χ0) is 15.0. The molecule has 3 aromatic heterocycles. The van der Waals surface area contributed by atoms with Gasteiger partial charge in [0.2, 0.25) is 0 Å². The number of thiazole rings is 1. The number of nitrogens with one attached hydrogen (secondary N) is 1. The highest BCUT2D eigenvalue weighted by molar-refractivity contribution is 7.89. The van der Waals surface area contributed by atoms with E-state index in [9.17, 15) is 8.42 Å². The predicted molar refractivity (Wildman–Crippen MR) is 78.3 cm³/mol. The van der Waals surface area contributed by atoms with Crippen LogP contribution in [0.2, 0.25) is 0 Å². The summed E-state index contributed by atoms with van der Waals surface area (Å²) < 4.78 is 28.7. The summed E-state index contributed by atoms with van der Waals surface area (Å²) in [4.78, 5) is 12.7. The molecule has 3 N–H and O–H groups in total. The van der Waals surface area contributed by atoms with Crippen LogP contribution in [0.5, 0.6) is 0 Å². The normalized spacial score (nSPS) is 12.0. The number of hydrogen-bond acceptors (Lipinski definition) is 7. The smallest absolute Gasteiger partial charge is 0.260 e. The van der Waals surface area contributed by atoms with Crippen LogP contribution in [-0.4, -0.2) is 27.8 Å². The first-order valence-electron chi connectivity index (χ1n) is 5.96. The van der Waals surface area contributed by atoms with Crippen LogP contribution in [-0.2, 0) is 16.6 Å². The average Bonchev–Trinajstić information content (AvgIpc) is 2.96. The molecule has 21 heavy (non-hydrogen) atoms. The third-order valence-corrected chi connectivity index (χ3v) is 4.97. The van der Waals surface area contributed by atoms with Gasteiger partial charge in [0.05, 0.1) is 12.2 Å². The largest absolute Gasteiger partial charge is 0.381 e. The number of aromatic nitrogens is 4. The van der Waals surface area contributed by atoms with E-state index in [0.717, 1.165) is 0 Å². The van der Waals surface area contributed by atoms with Crippen LogP contribution in [0, 0.1) is 6.92 Å². The first-order chi connectivity index (χ1) is 9.97. The Kier molecular flexibility index (Phi) is 3.35. The highest BCUT2D eigenvalue weighted by atomic mass is 32.2. The van der Waals surface area contributed by atoms with Crippen molar-refractivity contribution in [1.82, 2.24) is 24.1 Å². The molecular formula is C11H12N6O2S2. The van der Waals surface area contributed by atoms with E-state index in [1.165, 1.54) is 15.7 Å². The van der Waals surface area contributed by atoms with Gasteiger partial charge in [-0.15, -0.1) is 11.3 Å². The Hall–Kier alpha value is -2.04. The quantitative estimate of drug-likeness (QED) is 0.724. The van der Waals surface area contributed by atoms with Gasteiger partial charge in [0, 0.05) is 17.8 Å². The summed E-state index contributed by atoms with van der Waals surface area (Å²) in [6, 6.07) is 1.65. The second kappa shape index (κ2) is 5.06. The van der Waals surface area contributed by atoms with E-state index in [0.29, 0.717) is 16.5 Å². The number of nitrogen functional groups attached to an aromatic ring is 1. The second-order valence-corrected chi connectivity index (χ2v) is 6.83. The molecule has 0 spiro atoms. The molecule has 0 unspecified atom stereocenters. The van der Waals surface area contributed by atoms with Crippen molar-refractivity contribution >= 4 is 32.1 Å². The lowest BCUT2D eigenvalue weighted by Crippen LogP contribution is -2.25. The number of hydrogen-bond donors (Lipinski definition) is 2. The summed E-state index contributed by atoms with van der Waals surface area (Å²) in [5.74, 6) is 0.559. The minimum Gasteiger partial charge on any atom is -0.381 e. The summed E-state index contributed by atoms with van der Waals surface area (Å²) in [5, 5.41) is 1.69. The molecule has 0 bridgehead atoms. The summed E-state index contributed by atoms with van der Waals surface area (Å²) in [6.07, 6.45) is 3.20. The highest BCUT2D eigenvalue weighted by Gasteiger charge is 2.24. The molecule has 0 atom stereocenters. The summed E-state index contributed by atoms with van der Waals surface area (Å²) in [7, 11) is -3.78. The molecule has 0 radical (unpaired) electrons. The van der Waals surface area contributed by atoms with E-state index in [2.05, 4.69) is 19.7 Å². The van der Waals surface area contributed by atoms with Crippen molar-refractivity contribution in [2.75, 3.05) is 5.73 Å². The lowest BCUT2D eigenvalue weighted by molar-refractivity contribution is 0.576. The van der Waals surface area contributed by atoms with Gasteiger partial charge in [-0.3, -0.25) is 4.40 Å². The van der Waals surface area contributed by atoms with Crippen molar-refractivity contribution in [1.29, 1.82) is 0 Å². The van der Waals surface area contributed by atoms with E-state index in [1.807, 2.05) is 0 Å². The maximum Gasteiger partial charge on any atom is 0.260 e. The molecule has 3 rings (SSSR count). The highest BCUT2D eigenvalue weighted by Crippen LogP contribution is 2.23. The Balaban J connectivity index is 1.90. The molecule has 0 aliphatic carbocycles. The molecule has 8 nitrogen and oxygen atoms in total. The van der Waals surface area contributed by atoms with E-state index in [-0.39, 0.29) is 17.4 Å². The Morgan fingerprint density at radius 1 is 1.43 bits per heavy atom. The van der Waals surface area contributed by atoms with Gasteiger partial charge in [-0.05, 0) is 13.0 Å². The van der Waals surface area contributed by atoms with Gasteiger partial charge in [0.25, 0.3) is 10.0 Å². The number of fused-ring (bicyclic) bond motifs is 1. The summed E-state index contributed by atoms with van der Waals surface area (Å²) in [6.45, 7) is 1.80. The molecule has 0 aliphatic heterocycles. The zero-order valence-corrected chi connectivity index (χ0v) is 12.6. The zero-order valence-electron chi connectivity index (χ0n) is 11.0. The number of rotatable bonds is 4. The fourth-order valence-electron chi connectivity index (χ4n) is 1.89. The first kappa shape index (κ1) is 13.9. The second-order valence-electron chi connectivity index (χ2n) is 4.28. The topological polar surface area (TPSA) is 115 Å². The van der Waals surface area contributed by atoms with Gasteiger partial charge in [-0.1, -0.05) is 0 Å². The van der Waals surface area contributed by atoms with Crippen molar-refractivity contribution in [3.05, 3.63) is 35.4 Å². The van der Waals surface area contributed by atoms with E-state index < -0.39 is 10.0 Å².